The molecule has 1 saturated heterocycles. The molecule has 0 radical (unpaired) electrons. The largest absolute Gasteiger partial charge is 0.393 e. The van der Waals surface area contributed by atoms with Gasteiger partial charge in [-0.3, -0.25) is 4.79 Å². The van der Waals surface area contributed by atoms with Gasteiger partial charge >= 0.3 is 0 Å². The van der Waals surface area contributed by atoms with Gasteiger partial charge in [0.05, 0.1) is 11.1 Å². The molecule has 1 heterocycles. The average Bonchev–Trinajstić information content (AvgIpc) is 2.86. The number of carbonyl (C=O) groups excluding carboxylic acids is 1. The zero-order chi connectivity index (χ0) is 14.5. The van der Waals surface area contributed by atoms with Gasteiger partial charge in [-0.05, 0) is 31.9 Å². The second kappa shape index (κ2) is 6.81. The first-order valence-electron chi connectivity index (χ1n) is 6.88. The Labute approximate surface area is 124 Å². The molecule has 0 aliphatic carbocycles. The highest BCUT2D eigenvalue weighted by Crippen LogP contribution is 2.24. The number of nitrogens with zero attached hydrogens (tertiary/aromatic N) is 1. The van der Waals surface area contributed by atoms with Gasteiger partial charge in [-0.15, -0.1) is 0 Å². The summed E-state index contributed by atoms with van der Waals surface area (Å²) >= 11 is 4.91. The zero-order valence-electron chi connectivity index (χ0n) is 11.6. The van der Waals surface area contributed by atoms with E-state index in [4.69, 9.17) is 22.7 Å². The van der Waals surface area contributed by atoms with E-state index in [1.165, 1.54) is 0 Å². The van der Waals surface area contributed by atoms with E-state index in [-0.39, 0.29) is 18.1 Å². The van der Waals surface area contributed by atoms with E-state index in [0.717, 1.165) is 18.5 Å². The van der Waals surface area contributed by atoms with Crippen molar-refractivity contribution in [2.75, 3.05) is 11.4 Å². The van der Waals surface area contributed by atoms with E-state index in [1.807, 2.05) is 37.3 Å². The fraction of sp³-hybridized carbons (Fsp3) is 0.467. The Kier molecular flexibility index (Phi) is 5.09. The van der Waals surface area contributed by atoms with Crippen LogP contribution in [0.2, 0.25) is 0 Å². The van der Waals surface area contributed by atoms with Crippen LogP contribution < -0.4 is 10.6 Å². The third-order valence-electron chi connectivity index (χ3n) is 3.42. The van der Waals surface area contributed by atoms with E-state index >= 15 is 0 Å². The van der Waals surface area contributed by atoms with Crippen molar-refractivity contribution in [3.63, 3.8) is 0 Å². The Bertz CT molecular complexity index is 478. The Morgan fingerprint density at radius 2 is 2.10 bits per heavy atom. The fourth-order valence-corrected chi connectivity index (χ4v) is 2.45. The summed E-state index contributed by atoms with van der Waals surface area (Å²) in [5.41, 5.74) is 6.41. The number of para-hydroxylation sites is 1. The van der Waals surface area contributed by atoms with E-state index in [2.05, 4.69) is 0 Å². The van der Waals surface area contributed by atoms with E-state index in [9.17, 15) is 4.79 Å². The van der Waals surface area contributed by atoms with Crippen LogP contribution >= 0.6 is 12.2 Å². The molecule has 5 heteroatoms. The lowest BCUT2D eigenvalue weighted by Crippen LogP contribution is -2.41. The molecule has 1 fully saturated rings. The van der Waals surface area contributed by atoms with Crippen molar-refractivity contribution in [2.45, 2.75) is 38.4 Å². The number of carbonyl (C=O) groups is 1. The first kappa shape index (κ1) is 14.9. The molecule has 2 N–H and O–H groups in total. The minimum atomic E-state index is -0.350. The molecule has 1 amide bonds. The van der Waals surface area contributed by atoms with Crippen LogP contribution in [0.15, 0.2) is 30.3 Å². The van der Waals surface area contributed by atoms with Crippen molar-refractivity contribution in [2.24, 2.45) is 5.73 Å². The lowest BCUT2D eigenvalue weighted by molar-refractivity contribution is -0.128. The summed E-state index contributed by atoms with van der Waals surface area (Å²) in [4.78, 5) is 14.8. The molecule has 108 valence electrons. The summed E-state index contributed by atoms with van der Waals surface area (Å²) in [5.74, 6) is -0.00296. The molecular weight excluding hydrogens is 272 g/mol. The van der Waals surface area contributed by atoms with Gasteiger partial charge in [0.15, 0.2) is 0 Å². The van der Waals surface area contributed by atoms with Crippen molar-refractivity contribution in [1.29, 1.82) is 0 Å². The molecule has 20 heavy (non-hydrogen) atoms. The number of ether oxygens (including phenoxy) is 1. The smallest absolute Gasteiger partial charge is 0.256 e. The highest BCUT2D eigenvalue weighted by molar-refractivity contribution is 7.80. The SMILES string of the molecule is CC1CCC(C(=O)N(CCC(N)=S)c2ccccc2)O1. The monoisotopic (exact) mass is 292 g/mol. The summed E-state index contributed by atoms with van der Waals surface area (Å²) in [6.45, 7) is 2.49. The fourth-order valence-electron chi connectivity index (χ4n) is 2.35. The first-order chi connectivity index (χ1) is 9.58. The van der Waals surface area contributed by atoms with Crippen molar-refractivity contribution in [1.82, 2.24) is 0 Å². The van der Waals surface area contributed by atoms with Gasteiger partial charge in [-0.25, -0.2) is 0 Å². The summed E-state index contributed by atoms with van der Waals surface area (Å²) < 4.78 is 5.68. The van der Waals surface area contributed by atoms with Crippen LogP contribution in [0.4, 0.5) is 5.69 Å². The number of nitrogens with two attached hydrogens (primary N) is 1. The highest BCUT2D eigenvalue weighted by Gasteiger charge is 2.32. The summed E-state index contributed by atoms with van der Waals surface area (Å²) in [5, 5.41) is 0. The molecule has 0 aromatic heterocycles. The van der Waals surface area contributed by atoms with Crippen LogP contribution in [0.1, 0.15) is 26.2 Å². The van der Waals surface area contributed by atoms with Crippen LogP contribution in [0.3, 0.4) is 0 Å². The third-order valence-corrected chi connectivity index (χ3v) is 3.63. The molecule has 2 unspecified atom stereocenters. The molecule has 4 nitrogen and oxygen atoms in total. The molecule has 1 aliphatic heterocycles. The number of rotatable bonds is 5. The summed E-state index contributed by atoms with van der Waals surface area (Å²) in [7, 11) is 0. The molecular formula is C15H20N2O2S. The van der Waals surface area contributed by atoms with Crippen LogP contribution in [0.25, 0.3) is 0 Å². The number of hydrogen-bond acceptors (Lipinski definition) is 3. The lowest BCUT2D eigenvalue weighted by Gasteiger charge is -2.25. The maximum Gasteiger partial charge on any atom is 0.256 e. The van der Waals surface area contributed by atoms with Gasteiger partial charge in [0, 0.05) is 18.7 Å². The van der Waals surface area contributed by atoms with E-state index in [1.54, 1.807) is 4.90 Å². The molecule has 0 spiro atoms. The highest BCUT2D eigenvalue weighted by atomic mass is 32.1. The molecule has 2 rings (SSSR count). The van der Waals surface area contributed by atoms with Crippen molar-refractivity contribution < 1.29 is 9.53 Å². The normalized spacial score (nSPS) is 21.6. The van der Waals surface area contributed by atoms with E-state index in [0.29, 0.717) is 18.0 Å². The Morgan fingerprint density at radius 1 is 1.40 bits per heavy atom. The van der Waals surface area contributed by atoms with E-state index < -0.39 is 0 Å². The number of benzene rings is 1. The third kappa shape index (κ3) is 3.77. The van der Waals surface area contributed by atoms with Crippen LogP contribution in [-0.2, 0) is 9.53 Å². The predicted octanol–water partition coefficient (Wildman–Crippen LogP) is 2.26. The maximum absolute atomic E-state index is 12.6. The number of anilines is 1. The van der Waals surface area contributed by atoms with Gasteiger partial charge in [0.2, 0.25) is 0 Å². The van der Waals surface area contributed by atoms with Gasteiger partial charge in [0.25, 0.3) is 5.91 Å². The van der Waals surface area contributed by atoms with Crippen molar-refractivity contribution in [3.8, 4) is 0 Å². The van der Waals surface area contributed by atoms with Crippen LogP contribution in [0, 0.1) is 0 Å². The Balaban J connectivity index is 2.13. The lowest BCUT2D eigenvalue weighted by atomic mass is 10.1. The maximum atomic E-state index is 12.6. The standard InChI is InChI=1S/C15H20N2O2S/c1-11-7-8-13(19-11)15(18)17(10-9-14(16)20)12-5-3-2-4-6-12/h2-6,11,13H,7-10H2,1H3,(H2,16,20). The van der Waals surface area contributed by atoms with Crippen molar-refractivity contribution >= 4 is 28.8 Å². The molecule has 1 aromatic carbocycles. The van der Waals surface area contributed by atoms with Crippen molar-refractivity contribution in [3.05, 3.63) is 30.3 Å². The molecule has 1 aromatic rings. The molecule has 0 bridgehead atoms. The summed E-state index contributed by atoms with van der Waals surface area (Å²) in [6, 6.07) is 9.57. The average molecular weight is 292 g/mol. The Hall–Kier alpha value is -1.46. The van der Waals surface area contributed by atoms with Gasteiger partial charge in [-0.1, -0.05) is 30.4 Å². The summed E-state index contributed by atoms with van der Waals surface area (Å²) in [6.07, 6.45) is 2.01. The molecule has 1 aliphatic rings. The zero-order valence-corrected chi connectivity index (χ0v) is 12.4. The Morgan fingerprint density at radius 3 is 2.65 bits per heavy atom. The molecule has 0 saturated carbocycles. The minimum absolute atomic E-state index is 0.00296. The second-order valence-corrected chi connectivity index (χ2v) is 5.58. The number of thiocarbonyl (C=S) groups is 1. The van der Waals surface area contributed by atoms with Gasteiger partial charge in [0.1, 0.15) is 6.10 Å². The van der Waals surface area contributed by atoms with Crippen LogP contribution in [0.5, 0.6) is 0 Å². The van der Waals surface area contributed by atoms with Gasteiger partial charge in [-0.2, -0.15) is 0 Å². The predicted molar refractivity (Wildman–Crippen MR) is 83.8 cm³/mol. The minimum Gasteiger partial charge on any atom is -0.393 e. The molecule has 2 atom stereocenters. The number of hydrogen-bond donors (Lipinski definition) is 1. The quantitative estimate of drug-likeness (QED) is 0.846. The second-order valence-electron chi connectivity index (χ2n) is 5.05. The first-order valence-corrected chi connectivity index (χ1v) is 7.29. The topological polar surface area (TPSA) is 55.6 Å². The van der Waals surface area contributed by atoms with Crippen LogP contribution in [-0.4, -0.2) is 29.6 Å². The number of amides is 1. The van der Waals surface area contributed by atoms with Gasteiger partial charge < -0.3 is 15.4 Å².